The van der Waals surface area contributed by atoms with Gasteiger partial charge in [-0.25, -0.2) is 4.79 Å². The highest BCUT2D eigenvalue weighted by Gasteiger charge is 2.36. The maximum Gasteiger partial charge on any atom is 0.326 e. The highest BCUT2D eigenvalue weighted by molar-refractivity contribution is 5.88. The molecule has 1 heterocycles. The lowest BCUT2D eigenvalue weighted by atomic mass is 9.91. The fourth-order valence-electron chi connectivity index (χ4n) is 3.26. The van der Waals surface area contributed by atoms with Crippen LogP contribution in [0.2, 0.25) is 0 Å². The minimum Gasteiger partial charge on any atom is -0.497 e. The number of fused-ring (bicyclic) bond motifs is 1. The van der Waals surface area contributed by atoms with Crippen LogP contribution in [0.3, 0.4) is 0 Å². The van der Waals surface area contributed by atoms with Crippen molar-refractivity contribution in [3.05, 3.63) is 65.2 Å². The van der Waals surface area contributed by atoms with Crippen molar-refractivity contribution in [2.75, 3.05) is 7.11 Å². The topological polar surface area (TPSA) is 66.8 Å². The van der Waals surface area contributed by atoms with Gasteiger partial charge in [0.25, 0.3) is 0 Å². The first-order chi connectivity index (χ1) is 12.0. The van der Waals surface area contributed by atoms with E-state index in [1.54, 1.807) is 19.2 Å². The lowest BCUT2D eigenvalue weighted by Gasteiger charge is -2.36. The highest BCUT2D eigenvalue weighted by Crippen LogP contribution is 2.28. The molecule has 1 N–H and O–H groups in total. The molecule has 0 unspecified atom stereocenters. The summed E-state index contributed by atoms with van der Waals surface area (Å²) in [4.78, 5) is 26.2. The number of hydrogen-bond acceptors (Lipinski definition) is 3. The van der Waals surface area contributed by atoms with Crippen LogP contribution < -0.4 is 4.74 Å². The summed E-state index contributed by atoms with van der Waals surface area (Å²) in [6.45, 7) is 2.13. The molecule has 5 nitrogen and oxygen atoms in total. The highest BCUT2D eigenvalue weighted by atomic mass is 16.5. The molecule has 0 saturated heterocycles. The Kier molecular flexibility index (Phi) is 4.74. The Morgan fingerprint density at radius 2 is 1.76 bits per heavy atom. The van der Waals surface area contributed by atoms with Crippen LogP contribution in [0, 0.1) is 0 Å². The van der Waals surface area contributed by atoms with Crippen LogP contribution in [-0.4, -0.2) is 35.0 Å². The van der Waals surface area contributed by atoms with Gasteiger partial charge in [-0.15, -0.1) is 0 Å². The van der Waals surface area contributed by atoms with E-state index in [-0.39, 0.29) is 5.91 Å². The SMILES string of the molecule is COc1ccc([C@@H](C)C(=O)N2Cc3ccccc3C[C@H]2C(=O)O)cc1. The largest absolute Gasteiger partial charge is 0.497 e. The fourth-order valence-corrected chi connectivity index (χ4v) is 3.26. The number of nitrogens with zero attached hydrogens (tertiary/aromatic N) is 1. The van der Waals surface area contributed by atoms with E-state index in [0.717, 1.165) is 22.4 Å². The number of ether oxygens (including phenoxy) is 1. The van der Waals surface area contributed by atoms with E-state index in [9.17, 15) is 14.7 Å². The Morgan fingerprint density at radius 3 is 2.36 bits per heavy atom. The summed E-state index contributed by atoms with van der Waals surface area (Å²) in [5.74, 6) is -0.839. The normalized spacial score (nSPS) is 17.5. The Morgan fingerprint density at radius 1 is 1.12 bits per heavy atom. The number of amides is 1. The number of aliphatic carboxylic acids is 1. The van der Waals surface area contributed by atoms with Crippen molar-refractivity contribution in [1.29, 1.82) is 0 Å². The number of carbonyl (C=O) groups excluding carboxylic acids is 1. The molecule has 0 saturated carbocycles. The molecule has 1 aliphatic heterocycles. The summed E-state index contributed by atoms with van der Waals surface area (Å²) in [6, 6.07) is 14.2. The van der Waals surface area contributed by atoms with Crippen LogP contribution in [0.25, 0.3) is 0 Å². The van der Waals surface area contributed by atoms with Gasteiger partial charge >= 0.3 is 5.97 Å². The van der Waals surface area contributed by atoms with E-state index in [1.807, 2.05) is 43.3 Å². The molecule has 2 aromatic carbocycles. The zero-order chi connectivity index (χ0) is 18.0. The second kappa shape index (κ2) is 6.97. The van der Waals surface area contributed by atoms with Crippen LogP contribution in [0.5, 0.6) is 5.75 Å². The molecule has 3 rings (SSSR count). The van der Waals surface area contributed by atoms with Crippen molar-refractivity contribution in [2.45, 2.75) is 31.8 Å². The van der Waals surface area contributed by atoms with Crippen molar-refractivity contribution in [3.63, 3.8) is 0 Å². The summed E-state index contributed by atoms with van der Waals surface area (Å²) in [5, 5.41) is 9.59. The molecule has 0 radical (unpaired) electrons. The van der Waals surface area contributed by atoms with Gasteiger partial charge in [0.1, 0.15) is 11.8 Å². The summed E-state index contributed by atoms with van der Waals surface area (Å²) in [6.07, 6.45) is 0.340. The zero-order valence-electron chi connectivity index (χ0n) is 14.3. The number of carboxylic acids is 1. The number of hydrogen-bond donors (Lipinski definition) is 1. The zero-order valence-corrected chi connectivity index (χ0v) is 14.3. The first-order valence-corrected chi connectivity index (χ1v) is 8.25. The molecule has 130 valence electrons. The molecule has 0 fully saturated rings. The molecule has 1 aliphatic rings. The van der Waals surface area contributed by atoms with Crippen LogP contribution in [-0.2, 0) is 22.6 Å². The van der Waals surface area contributed by atoms with Crippen LogP contribution in [0.15, 0.2) is 48.5 Å². The third kappa shape index (κ3) is 3.36. The smallest absolute Gasteiger partial charge is 0.326 e. The van der Waals surface area contributed by atoms with E-state index in [2.05, 4.69) is 0 Å². The van der Waals surface area contributed by atoms with Crippen molar-refractivity contribution < 1.29 is 19.4 Å². The van der Waals surface area contributed by atoms with Crippen LogP contribution in [0.4, 0.5) is 0 Å². The predicted molar refractivity (Wildman–Crippen MR) is 93.5 cm³/mol. The molecular formula is C20H21NO4. The Bertz CT molecular complexity index is 785. The standard InChI is InChI=1S/C20H21NO4/c1-13(14-7-9-17(25-2)10-8-14)19(22)21-12-16-6-4-3-5-15(16)11-18(21)20(23)24/h3-10,13,18H,11-12H2,1-2H3,(H,23,24)/t13-,18+/m1/s1. The molecule has 1 amide bonds. The predicted octanol–water partition coefficient (Wildman–Crippen LogP) is 2.84. The van der Waals surface area contributed by atoms with Gasteiger partial charge in [-0.3, -0.25) is 4.79 Å². The molecule has 2 atom stereocenters. The Balaban J connectivity index is 1.87. The molecule has 25 heavy (non-hydrogen) atoms. The average Bonchev–Trinajstić information content (AvgIpc) is 2.65. The number of benzene rings is 2. The van der Waals surface area contributed by atoms with Crippen molar-refractivity contribution in [2.24, 2.45) is 0 Å². The van der Waals surface area contributed by atoms with Crippen LogP contribution in [0.1, 0.15) is 29.5 Å². The third-order valence-electron chi connectivity index (χ3n) is 4.80. The maximum atomic E-state index is 13.0. The second-order valence-corrected chi connectivity index (χ2v) is 6.29. The number of rotatable bonds is 4. The maximum absolute atomic E-state index is 13.0. The molecule has 0 spiro atoms. The summed E-state index contributed by atoms with van der Waals surface area (Å²) >= 11 is 0. The van der Waals surface area contributed by atoms with Gasteiger partial charge in [0.05, 0.1) is 13.0 Å². The van der Waals surface area contributed by atoms with Gasteiger partial charge in [0, 0.05) is 13.0 Å². The quantitative estimate of drug-likeness (QED) is 0.930. The van der Waals surface area contributed by atoms with Gasteiger partial charge in [-0.05, 0) is 35.7 Å². The lowest BCUT2D eigenvalue weighted by Crippen LogP contribution is -2.49. The minimum absolute atomic E-state index is 0.174. The molecule has 0 aliphatic carbocycles. The minimum atomic E-state index is -0.968. The van der Waals surface area contributed by atoms with E-state index in [1.165, 1.54) is 4.90 Å². The summed E-state index contributed by atoms with van der Waals surface area (Å²) in [7, 11) is 1.59. The number of carboxylic acid groups (broad SMARTS) is 1. The lowest BCUT2D eigenvalue weighted by molar-refractivity contribution is -0.151. The number of carbonyl (C=O) groups is 2. The van der Waals surface area contributed by atoms with Gasteiger partial charge in [-0.1, -0.05) is 36.4 Å². The fraction of sp³-hybridized carbons (Fsp3) is 0.300. The molecule has 5 heteroatoms. The molecular weight excluding hydrogens is 318 g/mol. The average molecular weight is 339 g/mol. The third-order valence-corrected chi connectivity index (χ3v) is 4.80. The monoisotopic (exact) mass is 339 g/mol. The second-order valence-electron chi connectivity index (χ2n) is 6.29. The molecule has 2 aromatic rings. The van der Waals surface area contributed by atoms with Crippen molar-refractivity contribution in [1.82, 2.24) is 4.90 Å². The number of methoxy groups -OCH3 is 1. The summed E-state index contributed by atoms with van der Waals surface area (Å²) in [5.41, 5.74) is 2.85. The van der Waals surface area contributed by atoms with Crippen molar-refractivity contribution >= 4 is 11.9 Å². The van der Waals surface area contributed by atoms with Crippen molar-refractivity contribution in [3.8, 4) is 5.75 Å². The Labute approximate surface area is 146 Å². The van der Waals surface area contributed by atoms with Gasteiger partial charge in [0.15, 0.2) is 0 Å². The first-order valence-electron chi connectivity index (χ1n) is 8.25. The molecule has 0 bridgehead atoms. The Hall–Kier alpha value is -2.82. The summed E-state index contributed by atoms with van der Waals surface area (Å²) < 4.78 is 5.14. The van der Waals surface area contributed by atoms with E-state index in [4.69, 9.17) is 4.74 Å². The van der Waals surface area contributed by atoms with Crippen LogP contribution >= 0.6 is 0 Å². The van der Waals surface area contributed by atoms with Gasteiger partial charge in [0.2, 0.25) is 5.91 Å². The van der Waals surface area contributed by atoms with E-state index >= 15 is 0 Å². The van der Waals surface area contributed by atoms with E-state index in [0.29, 0.717) is 13.0 Å². The van der Waals surface area contributed by atoms with Gasteiger partial charge < -0.3 is 14.7 Å². The van der Waals surface area contributed by atoms with E-state index < -0.39 is 17.9 Å². The van der Waals surface area contributed by atoms with Gasteiger partial charge in [-0.2, -0.15) is 0 Å². The molecule has 0 aromatic heterocycles. The first kappa shape index (κ1) is 17.0.